The highest BCUT2D eigenvalue weighted by molar-refractivity contribution is 6.32. The Labute approximate surface area is 290 Å². The molecular weight excluding hydrogens is 714 g/mol. The van der Waals surface area contributed by atoms with Crippen LogP contribution in [0.25, 0.3) is 22.4 Å². The fourth-order valence-corrected chi connectivity index (χ4v) is 6.02. The summed E-state index contributed by atoms with van der Waals surface area (Å²) in [6, 6.07) is 8.75. The van der Waals surface area contributed by atoms with Gasteiger partial charge in [-0.1, -0.05) is 17.7 Å². The highest BCUT2D eigenvalue weighted by Gasteiger charge is 2.38. The number of aliphatic hydroxyl groups is 1. The summed E-state index contributed by atoms with van der Waals surface area (Å²) in [7, 11) is 2.08. The molecule has 12 nitrogen and oxygen atoms in total. The number of imidazole rings is 1. The summed E-state index contributed by atoms with van der Waals surface area (Å²) in [4.78, 5) is 49.7. The Kier molecular flexibility index (Phi) is 10.9. The van der Waals surface area contributed by atoms with Gasteiger partial charge in [0.1, 0.15) is 29.8 Å². The van der Waals surface area contributed by atoms with Crippen LogP contribution in [0.3, 0.4) is 0 Å². The molecule has 0 radical (unpaired) electrons. The number of anilines is 1. The predicted molar refractivity (Wildman–Crippen MR) is 173 cm³/mol. The summed E-state index contributed by atoms with van der Waals surface area (Å²) >= 11 is 5.86. The number of hydrogen-bond acceptors (Lipinski definition) is 8. The monoisotopic (exact) mass is 744 g/mol. The Morgan fingerprint density at radius 1 is 1.14 bits per heavy atom. The standard InChI is InChI=1S/C30H30ClF3N6O4.C2HF3O2/c1-39-9-6-17(7-10-39)40-14-16-11-22-23(12-19(16)29(40)43)38-27(37-22)25-21(5-8-35-28(25)42)36-13-18(41)15-44-24-4-2-3-20(26(24)31)30(32,33)34;3-2(4,5)1(6)7/h2-5,8,11-12,17-18,41H,6-7,9-10,13-15H2,1H3,(H,37,38)(H2,35,36,42);(H,6,7)/t18-;/m1./s1. The first kappa shape index (κ1) is 37.4. The second-order valence-corrected chi connectivity index (χ2v) is 12.3. The number of alkyl halides is 6. The molecule has 0 spiro atoms. The van der Waals surface area contributed by atoms with Crippen molar-refractivity contribution in [3.63, 3.8) is 0 Å². The lowest BCUT2D eigenvalue weighted by Crippen LogP contribution is -2.43. The fourth-order valence-electron chi connectivity index (χ4n) is 5.74. The molecule has 6 rings (SSSR count). The molecule has 1 fully saturated rings. The number of aliphatic hydroxyl groups excluding tert-OH is 1. The van der Waals surface area contributed by atoms with E-state index in [1.54, 1.807) is 12.1 Å². The third-order valence-electron chi connectivity index (χ3n) is 8.34. The van der Waals surface area contributed by atoms with Gasteiger partial charge >= 0.3 is 18.3 Å². The number of aliphatic carboxylic acids is 1. The summed E-state index contributed by atoms with van der Waals surface area (Å²) < 4.78 is 76.5. The Bertz CT molecular complexity index is 1970. The van der Waals surface area contributed by atoms with E-state index in [0.717, 1.165) is 37.6 Å². The molecule has 1 saturated heterocycles. The normalized spacial score (nSPS) is 16.1. The number of aromatic nitrogens is 3. The number of H-pyrrole nitrogens is 2. The molecule has 2 aliphatic rings. The number of amides is 1. The number of halogens is 7. The minimum atomic E-state index is -5.08. The number of carboxylic acid groups (broad SMARTS) is 1. The van der Waals surface area contributed by atoms with Crippen LogP contribution in [0.5, 0.6) is 5.75 Å². The van der Waals surface area contributed by atoms with Crippen LogP contribution in [-0.2, 0) is 17.5 Å². The van der Waals surface area contributed by atoms with Gasteiger partial charge in [0.15, 0.2) is 0 Å². The van der Waals surface area contributed by atoms with E-state index in [-0.39, 0.29) is 42.2 Å². The molecule has 4 heterocycles. The molecule has 0 unspecified atom stereocenters. The van der Waals surface area contributed by atoms with Crippen molar-refractivity contribution in [3.05, 3.63) is 74.7 Å². The lowest BCUT2D eigenvalue weighted by Gasteiger charge is -2.34. The molecule has 0 saturated carbocycles. The smallest absolute Gasteiger partial charge is 0.489 e. The number of carboxylic acids is 1. The molecule has 0 aliphatic carbocycles. The van der Waals surface area contributed by atoms with E-state index in [2.05, 4.69) is 32.2 Å². The average Bonchev–Trinajstić information content (AvgIpc) is 3.61. The van der Waals surface area contributed by atoms with E-state index in [9.17, 15) is 41.0 Å². The van der Waals surface area contributed by atoms with Crippen molar-refractivity contribution in [2.45, 2.75) is 43.9 Å². The number of piperidine rings is 1. The molecule has 1 atom stereocenters. The Morgan fingerprint density at radius 3 is 2.47 bits per heavy atom. The van der Waals surface area contributed by atoms with E-state index in [1.807, 2.05) is 11.0 Å². The van der Waals surface area contributed by atoms with Crippen molar-refractivity contribution in [2.24, 2.45) is 0 Å². The second-order valence-electron chi connectivity index (χ2n) is 11.9. The zero-order chi connectivity index (χ0) is 37.2. The van der Waals surface area contributed by atoms with Crippen molar-refractivity contribution in [1.29, 1.82) is 0 Å². The van der Waals surface area contributed by atoms with Gasteiger partial charge in [0.25, 0.3) is 11.5 Å². The lowest BCUT2D eigenvalue weighted by atomic mass is 10.0. The fraction of sp³-hybridized carbons (Fsp3) is 0.375. The van der Waals surface area contributed by atoms with Crippen molar-refractivity contribution in [3.8, 4) is 17.1 Å². The molecule has 5 N–H and O–H groups in total. The lowest BCUT2D eigenvalue weighted by molar-refractivity contribution is -0.192. The number of nitrogens with one attached hydrogen (secondary N) is 3. The van der Waals surface area contributed by atoms with Gasteiger partial charge in [0, 0.05) is 30.9 Å². The molecule has 2 aromatic carbocycles. The number of benzene rings is 2. The maximum Gasteiger partial charge on any atom is 0.490 e. The molecule has 2 aliphatic heterocycles. The van der Waals surface area contributed by atoms with Crippen LogP contribution in [0.15, 0.2) is 47.4 Å². The van der Waals surface area contributed by atoms with Gasteiger partial charge in [0.05, 0.1) is 27.3 Å². The summed E-state index contributed by atoms with van der Waals surface area (Å²) in [5.74, 6) is -2.70. The Hall–Kier alpha value is -4.81. The first-order valence-electron chi connectivity index (χ1n) is 15.4. The van der Waals surface area contributed by atoms with Crippen LogP contribution < -0.4 is 15.6 Å². The molecule has 51 heavy (non-hydrogen) atoms. The quantitative estimate of drug-likeness (QED) is 0.154. The van der Waals surface area contributed by atoms with Gasteiger partial charge in [-0.15, -0.1) is 0 Å². The van der Waals surface area contributed by atoms with Crippen LogP contribution in [0.4, 0.5) is 32.0 Å². The first-order chi connectivity index (χ1) is 23.9. The molecule has 4 aromatic rings. The van der Waals surface area contributed by atoms with Crippen LogP contribution in [0.1, 0.15) is 34.3 Å². The third-order valence-corrected chi connectivity index (χ3v) is 8.73. The average molecular weight is 745 g/mol. The van der Waals surface area contributed by atoms with Gasteiger partial charge in [0.2, 0.25) is 0 Å². The zero-order valence-electron chi connectivity index (χ0n) is 26.7. The number of carbonyl (C=O) groups excluding carboxylic acids is 1. The number of nitrogens with zero attached hydrogens (tertiary/aromatic N) is 3. The van der Waals surface area contributed by atoms with Gasteiger partial charge in [-0.25, -0.2) is 9.78 Å². The van der Waals surface area contributed by atoms with E-state index in [4.69, 9.17) is 26.2 Å². The van der Waals surface area contributed by atoms with Crippen LogP contribution >= 0.6 is 11.6 Å². The van der Waals surface area contributed by atoms with E-state index in [0.29, 0.717) is 28.8 Å². The SMILES string of the molecule is CN1CCC(N2Cc3cc4[nH]c(-c5c(NC[C@@H](O)COc6cccc(C(F)(F)F)c6Cl)cc[nH]c5=O)nc4cc3C2=O)CC1.O=C(O)C(F)(F)F. The van der Waals surface area contributed by atoms with Crippen molar-refractivity contribution >= 4 is 40.2 Å². The van der Waals surface area contributed by atoms with Crippen molar-refractivity contribution in [1.82, 2.24) is 24.8 Å². The predicted octanol–water partition coefficient (Wildman–Crippen LogP) is 5.13. The van der Waals surface area contributed by atoms with E-state index < -0.39 is 40.6 Å². The number of rotatable bonds is 8. The maximum atomic E-state index is 13.3. The number of ether oxygens (including phenoxy) is 1. The number of fused-ring (bicyclic) bond motifs is 2. The minimum Gasteiger partial charge on any atom is -0.489 e. The van der Waals surface area contributed by atoms with Crippen LogP contribution in [-0.4, -0.2) is 98.5 Å². The summed E-state index contributed by atoms with van der Waals surface area (Å²) in [6.07, 6.45) is -7.59. The van der Waals surface area contributed by atoms with Gasteiger partial charge in [-0.05, 0) is 68.9 Å². The number of hydrogen-bond donors (Lipinski definition) is 5. The number of pyridine rings is 1. The number of aromatic amines is 2. The van der Waals surface area contributed by atoms with Crippen LogP contribution in [0.2, 0.25) is 5.02 Å². The summed E-state index contributed by atoms with van der Waals surface area (Å²) in [6.45, 7) is 1.98. The highest BCUT2D eigenvalue weighted by atomic mass is 35.5. The third kappa shape index (κ3) is 8.57. The summed E-state index contributed by atoms with van der Waals surface area (Å²) in [5.41, 5.74) is 1.81. The molecule has 274 valence electrons. The van der Waals surface area contributed by atoms with Crippen molar-refractivity contribution < 1.29 is 50.9 Å². The van der Waals surface area contributed by atoms with E-state index in [1.165, 1.54) is 18.3 Å². The summed E-state index contributed by atoms with van der Waals surface area (Å²) in [5, 5.41) is 20.0. The molecular formula is C32H31ClF6N6O6. The Morgan fingerprint density at radius 2 is 1.82 bits per heavy atom. The molecule has 0 bridgehead atoms. The highest BCUT2D eigenvalue weighted by Crippen LogP contribution is 2.39. The first-order valence-corrected chi connectivity index (χ1v) is 15.8. The second kappa shape index (κ2) is 14.8. The van der Waals surface area contributed by atoms with Gasteiger partial charge in [-0.3, -0.25) is 9.59 Å². The largest absolute Gasteiger partial charge is 0.490 e. The van der Waals surface area contributed by atoms with Gasteiger partial charge in [-0.2, -0.15) is 26.3 Å². The topological polar surface area (TPSA) is 164 Å². The van der Waals surface area contributed by atoms with Gasteiger partial charge < -0.3 is 40.0 Å². The van der Waals surface area contributed by atoms with E-state index >= 15 is 0 Å². The maximum absolute atomic E-state index is 13.3. The van der Waals surface area contributed by atoms with Crippen molar-refractivity contribution in [2.75, 3.05) is 38.6 Å². The molecule has 19 heteroatoms. The molecule has 2 aromatic heterocycles. The molecule has 1 amide bonds. The zero-order valence-corrected chi connectivity index (χ0v) is 27.4. The number of carbonyl (C=O) groups is 2. The minimum absolute atomic E-state index is 0.0106. The number of likely N-dealkylation sites (tertiary alicyclic amines) is 1. The van der Waals surface area contributed by atoms with Crippen LogP contribution in [0, 0.1) is 0 Å². The Balaban J connectivity index is 0.000000654.